The van der Waals surface area contributed by atoms with Gasteiger partial charge in [-0.05, 0) is 83.2 Å². The number of aromatic nitrogens is 1. The molecule has 0 aromatic carbocycles. The van der Waals surface area contributed by atoms with Gasteiger partial charge in [0.25, 0.3) is 11.8 Å². The van der Waals surface area contributed by atoms with Crippen LogP contribution in [-0.4, -0.2) is 64.9 Å². The SMILES string of the molecule is CC(C1CCN(C(=O)c2cn(C3CC3)cc(C(=O)NCC3CCCCC3)c2=O)CC1)N1CCCC1. The van der Waals surface area contributed by atoms with Crippen LogP contribution in [0.1, 0.15) is 104 Å². The van der Waals surface area contributed by atoms with Crippen LogP contribution in [0.25, 0.3) is 0 Å². The quantitative estimate of drug-likeness (QED) is 0.641. The molecule has 7 nitrogen and oxygen atoms in total. The minimum Gasteiger partial charge on any atom is -0.352 e. The molecule has 1 N–H and O–H groups in total. The minimum atomic E-state index is -0.416. The van der Waals surface area contributed by atoms with Crippen LogP contribution in [-0.2, 0) is 0 Å². The molecular formula is C28H42N4O3. The fourth-order valence-corrected chi connectivity index (χ4v) is 6.42. The van der Waals surface area contributed by atoms with Crippen LogP contribution < -0.4 is 10.7 Å². The average Bonchev–Trinajstić information content (AvgIpc) is 3.60. The maximum absolute atomic E-state index is 13.5. The molecule has 5 rings (SSSR count). The summed E-state index contributed by atoms with van der Waals surface area (Å²) in [5, 5.41) is 3.00. The van der Waals surface area contributed by atoms with Gasteiger partial charge in [-0.15, -0.1) is 0 Å². The van der Waals surface area contributed by atoms with Crippen LogP contribution in [0.2, 0.25) is 0 Å². The molecule has 2 saturated heterocycles. The van der Waals surface area contributed by atoms with Gasteiger partial charge in [0.1, 0.15) is 11.1 Å². The third kappa shape index (κ3) is 5.65. The first kappa shape index (κ1) is 24.5. The van der Waals surface area contributed by atoms with E-state index in [1.54, 1.807) is 12.4 Å². The fourth-order valence-electron chi connectivity index (χ4n) is 6.42. The van der Waals surface area contributed by atoms with Gasteiger partial charge in [-0.1, -0.05) is 19.3 Å². The van der Waals surface area contributed by atoms with Crippen molar-refractivity contribution in [1.82, 2.24) is 19.7 Å². The highest BCUT2D eigenvalue weighted by Gasteiger charge is 2.33. The lowest BCUT2D eigenvalue weighted by atomic mass is 9.89. The zero-order valence-corrected chi connectivity index (χ0v) is 21.3. The number of likely N-dealkylation sites (tertiary alicyclic amines) is 2. The van der Waals surface area contributed by atoms with Gasteiger partial charge in [-0.3, -0.25) is 14.4 Å². The van der Waals surface area contributed by atoms with Crippen molar-refractivity contribution >= 4 is 11.8 Å². The second-order valence-corrected chi connectivity index (χ2v) is 11.4. The Balaban J connectivity index is 1.27. The normalized spacial score (nSPS) is 23.4. The van der Waals surface area contributed by atoms with Crippen LogP contribution in [0.4, 0.5) is 0 Å². The largest absolute Gasteiger partial charge is 0.352 e. The first-order valence-electron chi connectivity index (χ1n) is 14.1. The van der Waals surface area contributed by atoms with Gasteiger partial charge >= 0.3 is 0 Å². The number of hydrogen-bond acceptors (Lipinski definition) is 4. The number of rotatable bonds is 7. The standard InChI is InChI=1S/C28H42N4O3/c1-20(30-13-5-6-14-30)22-11-15-31(16-12-22)28(35)25-19-32(23-9-10-23)18-24(26(25)33)27(34)29-17-21-7-3-2-4-8-21/h18-23H,2-17H2,1H3,(H,29,34). The summed E-state index contributed by atoms with van der Waals surface area (Å²) in [6.45, 7) is 6.69. The van der Waals surface area contributed by atoms with Gasteiger partial charge in [-0.2, -0.15) is 0 Å². The van der Waals surface area contributed by atoms with E-state index in [9.17, 15) is 14.4 Å². The van der Waals surface area contributed by atoms with Crippen molar-refractivity contribution < 1.29 is 9.59 Å². The minimum absolute atomic E-state index is 0.121. The van der Waals surface area contributed by atoms with Crippen LogP contribution >= 0.6 is 0 Å². The van der Waals surface area contributed by atoms with E-state index in [0.29, 0.717) is 43.6 Å². The van der Waals surface area contributed by atoms with Crippen molar-refractivity contribution in [3.63, 3.8) is 0 Å². The third-order valence-electron chi connectivity index (χ3n) is 8.99. The molecule has 0 spiro atoms. The Morgan fingerprint density at radius 2 is 1.54 bits per heavy atom. The van der Waals surface area contributed by atoms with Gasteiger partial charge < -0.3 is 19.7 Å². The Labute approximate surface area is 209 Å². The first-order valence-corrected chi connectivity index (χ1v) is 14.1. The highest BCUT2D eigenvalue weighted by atomic mass is 16.2. The van der Waals surface area contributed by atoms with Gasteiger partial charge in [-0.25, -0.2) is 0 Å². The Morgan fingerprint density at radius 1 is 0.886 bits per heavy atom. The number of carbonyl (C=O) groups excluding carboxylic acids is 2. The molecule has 1 aromatic rings. The first-order chi connectivity index (χ1) is 17.0. The summed E-state index contributed by atoms with van der Waals surface area (Å²) in [5.41, 5.74) is -0.134. The molecule has 2 aliphatic carbocycles. The summed E-state index contributed by atoms with van der Waals surface area (Å²) in [5.74, 6) is 0.547. The molecule has 1 aromatic heterocycles. The average molecular weight is 483 g/mol. The molecule has 3 heterocycles. The molecule has 192 valence electrons. The Kier molecular flexibility index (Phi) is 7.61. The van der Waals surface area contributed by atoms with Gasteiger partial charge in [0.2, 0.25) is 5.43 Å². The second-order valence-electron chi connectivity index (χ2n) is 11.4. The van der Waals surface area contributed by atoms with Crippen LogP contribution in [0, 0.1) is 11.8 Å². The van der Waals surface area contributed by atoms with Gasteiger partial charge in [0, 0.05) is 44.1 Å². The molecule has 0 radical (unpaired) electrons. The van der Waals surface area contributed by atoms with Crippen LogP contribution in [0.3, 0.4) is 0 Å². The second kappa shape index (κ2) is 10.9. The summed E-state index contributed by atoms with van der Waals surface area (Å²) in [6.07, 6.45) is 15.9. The predicted octanol–water partition coefficient (Wildman–Crippen LogP) is 3.83. The Morgan fingerprint density at radius 3 is 2.20 bits per heavy atom. The van der Waals surface area contributed by atoms with Crippen molar-refractivity contribution in [2.24, 2.45) is 11.8 Å². The van der Waals surface area contributed by atoms with Gasteiger partial charge in [0.15, 0.2) is 0 Å². The molecule has 4 aliphatic rings. The maximum atomic E-state index is 13.5. The van der Waals surface area contributed by atoms with Crippen molar-refractivity contribution in [2.45, 2.75) is 89.6 Å². The lowest BCUT2D eigenvalue weighted by Crippen LogP contribution is -2.46. The highest BCUT2D eigenvalue weighted by Crippen LogP contribution is 2.35. The molecule has 2 amide bonds. The van der Waals surface area contributed by atoms with E-state index >= 15 is 0 Å². The summed E-state index contributed by atoms with van der Waals surface area (Å²) in [6, 6.07) is 0.845. The zero-order valence-electron chi connectivity index (χ0n) is 21.3. The van der Waals surface area contributed by atoms with Crippen LogP contribution in [0.15, 0.2) is 17.2 Å². The number of nitrogens with zero attached hydrogens (tertiary/aromatic N) is 3. The third-order valence-corrected chi connectivity index (χ3v) is 8.99. The zero-order chi connectivity index (χ0) is 24.4. The summed E-state index contributed by atoms with van der Waals surface area (Å²) in [7, 11) is 0. The summed E-state index contributed by atoms with van der Waals surface area (Å²) < 4.78 is 1.94. The van der Waals surface area contributed by atoms with Crippen molar-refractivity contribution in [2.75, 3.05) is 32.7 Å². The molecule has 4 fully saturated rings. The van der Waals surface area contributed by atoms with Crippen molar-refractivity contribution in [3.05, 3.63) is 33.7 Å². The highest BCUT2D eigenvalue weighted by molar-refractivity contribution is 5.99. The summed E-state index contributed by atoms with van der Waals surface area (Å²) in [4.78, 5) is 44.3. The van der Waals surface area contributed by atoms with Crippen molar-refractivity contribution in [3.8, 4) is 0 Å². The molecule has 1 atom stereocenters. The monoisotopic (exact) mass is 482 g/mol. The van der Waals surface area contributed by atoms with E-state index < -0.39 is 5.43 Å². The van der Waals surface area contributed by atoms with E-state index in [1.807, 2.05) is 9.47 Å². The number of nitrogens with one attached hydrogen (secondary N) is 1. The number of pyridine rings is 1. The number of amides is 2. The Bertz CT molecular complexity index is 965. The van der Waals surface area contributed by atoms with Gasteiger partial charge in [0.05, 0.1) is 0 Å². The molecule has 2 saturated carbocycles. The van der Waals surface area contributed by atoms with E-state index in [-0.39, 0.29) is 22.9 Å². The van der Waals surface area contributed by atoms with E-state index in [0.717, 1.165) is 38.5 Å². The molecule has 7 heteroatoms. The lowest BCUT2D eigenvalue weighted by molar-refractivity contribution is 0.0622. The molecular weight excluding hydrogens is 440 g/mol. The van der Waals surface area contributed by atoms with Crippen LogP contribution in [0.5, 0.6) is 0 Å². The maximum Gasteiger partial charge on any atom is 0.259 e. The molecule has 1 unspecified atom stereocenters. The number of carbonyl (C=O) groups is 2. The fraction of sp³-hybridized carbons (Fsp3) is 0.750. The molecule has 35 heavy (non-hydrogen) atoms. The Hall–Kier alpha value is -2.15. The van der Waals surface area contributed by atoms with Crippen molar-refractivity contribution in [1.29, 1.82) is 0 Å². The van der Waals surface area contributed by atoms with E-state index in [2.05, 4.69) is 17.1 Å². The lowest BCUT2D eigenvalue weighted by Gasteiger charge is -2.38. The summed E-state index contributed by atoms with van der Waals surface area (Å²) >= 11 is 0. The molecule has 2 aliphatic heterocycles. The topological polar surface area (TPSA) is 74.6 Å². The number of hydrogen-bond donors (Lipinski definition) is 1. The predicted molar refractivity (Wildman–Crippen MR) is 137 cm³/mol. The van der Waals surface area contributed by atoms with E-state index in [4.69, 9.17) is 0 Å². The smallest absolute Gasteiger partial charge is 0.259 e. The number of piperidine rings is 1. The molecule has 0 bridgehead atoms. The van der Waals surface area contributed by atoms with E-state index in [1.165, 1.54) is 45.2 Å².